The molecule has 4 heterocycles. The zero-order valence-electron chi connectivity index (χ0n) is 17.7. The van der Waals surface area contributed by atoms with Crippen LogP contribution in [0.3, 0.4) is 0 Å². The summed E-state index contributed by atoms with van der Waals surface area (Å²) in [6.45, 7) is 6.50. The Kier molecular flexibility index (Phi) is 8.52. The van der Waals surface area contributed by atoms with Gasteiger partial charge in [-0.2, -0.15) is 0 Å². The molecular weight excluding hydrogens is 511 g/mol. The number of anilines is 1. The van der Waals surface area contributed by atoms with Crippen molar-refractivity contribution < 1.29 is 13.9 Å². The van der Waals surface area contributed by atoms with Crippen molar-refractivity contribution in [3.63, 3.8) is 0 Å². The summed E-state index contributed by atoms with van der Waals surface area (Å²) in [6.07, 6.45) is 3.36. The van der Waals surface area contributed by atoms with Gasteiger partial charge in [-0.05, 0) is 18.2 Å². The molecule has 0 aliphatic carbocycles. The van der Waals surface area contributed by atoms with E-state index in [-0.39, 0.29) is 29.9 Å². The third kappa shape index (κ3) is 5.67. The predicted molar refractivity (Wildman–Crippen MR) is 129 cm³/mol. The van der Waals surface area contributed by atoms with Gasteiger partial charge in [0.05, 0.1) is 19.5 Å². The highest BCUT2D eigenvalue weighted by Gasteiger charge is 2.25. The fourth-order valence-corrected chi connectivity index (χ4v) is 3.81. The van der Waals surface area contributed by atoms with Crippen molar-refractivity contribution in [1.82, 2.24) is 20.1 Å². The molecule has 2 aromatic heterocycles. The van der Waals surface area contributed by atoms with E-state index in [1.807, 2.05) is 17.2 Å². The number of piperazine rings is 1. The average Bonchev–Trinajstić information content (AvgIpc) is 3.35. The van der Waals surface area contributed by atoms with Gasteiger partial charge < -0.3 is 29.2 Å². The Morgan fingerprint density at radius 3 is 2.52 bits per heavy atom. The lowest BCUT2D eigenvalue weighted by Gasteiger charge is -2.36. The highest BCUT2D eigenvalue weighted by atomic mass is 127. The maximum absolute atomic E-state index is 12.5. The van der Waals surface area contributed by atoms with Gasteiger partial charge in [0.25, 0.3) is 5.91 Å². The highest BCUT2D eigenvalue weighted by molar-refractivity contribution is 14.0. The van der Waals surface area contributed by atoms with Crippen LogP contribution in [-0.4, -0.2) is 86.2 Å². The molecule has 0 spiro atoms. The third-order valence-corrected chi connectivity index (χ3v) is 5.43. The number of amides is 1. The Bertz CT molecular complexity index is 862. The van der Waals surface area contributed by atoms with Crippen molar-refractivity contribution in [2.75, 3.05) is 64.4 Å². The molecule has 0 aromatic carbocycles. The van der Waals surface area contributed by atoms with E-state index in [1.54, 1.807) is 19.2 Å². The molecule has 2 aromatic rings. The first-order valence-electron chi connectivity index (χ1n) is 10.3. The quantitative estimate of drug-likeness (QED) is 0.359. The molecule has 2 aliphatic rings. The maximum Gasteiger partial charge on any atom is 0.289 e. The summed E-state index contributed by atoms with van der Waals surface area (Å²) in [7, 11) is 1.79. The van der Waals surface area contributed by atoms with Gasteiger partial charge in [-0.3, -0.25) is 9.79 Å². The Hall–Kier alpha value is -2.34. The van der Waals surface area contributed by atoms with Crippen LogP contribution in [0.15, 0.2) is 46.1 Å². The second kappa shape index (κ2) is 11.3. The second-order valence-electron chi connectivity index (χ2n) is 7.24. The van der Waals surface area contributed by atoms with Crippen LogP contribution < -0.4 is 10.2 Å². The Balaban J connectivity index is 0.00000272. The van der Waals surface area contributed by atoms with Crippen LogP contribution >= 0.6 is 24.0 Å². The number of ether oxygens (including phenoxy) is 1. The summed E-state index contributed by atoms with van der Waals surface area (Å²) < 4.78 is 10.7. The standard InChI is InChI=1S/C21H28N6O3.HI/c1-22-21(27-9-7-26(8-10-27)20(28)18-5-3-13-30-18)24-16-17-4-2-6-23-19(17)25-11-14-29-15-12-25;/h2-6,13H,7-12,14-16H2,1H3,(H,22,24);1H. The molecule has 1 N–H and O–H groups in total. The number of rotatable bonds is 4. The van der Waals surface area contributed by atoms with E-state index < -0.39 is 0 Å². The first-order chi connectivity index (χ1) is 14.8. The number of pyridine rings is 1. The number of guanidine groups is 1. The van der Waals surface area contributed by atoms with Crippen LogP contribution in [0.1, 0.15) is 16.1 Å². The summed E-state index contributed by atoms with van der Waals surface area (Å²) in [5, 5.41) is 3.46. The molecule has 9 nitrogen and oxygen atoms in total. The van der Waals surface area contributed by atoms with Crippen molar-refractivity contribution in [3.05, 3.63) is 48.0 Å². The van der Waals surface area contributed by atoms with E-state index in [9.17, 15) is 4.79 Å². The molecule has 31 heavy (non-hydrogen) atoms. The molecule has 1 amide bonds. The monoisotopic (exact) mass is 540 g/mol. The number of nitrogens with one attached hydrogen (secondary N) is 1. The van der Waals surface area contributed by atoms with Crippen molar-refractivity contribution in [1.29, 1.82) is 0 Å². The zero-order chi connectivity index (χ0) is 20.8. The van der Waals surface area contributed by atoms with E-state index >= 15 is 0 Å². The van der Waals surface area contributed by atoms with Gasteiger partial charge >= 0.3 is 0 Å². The maximum atomic E-state index is 12.5. The largest absolute Gasteiger partial charge is 0.459 e. The van der Waals surface area contributed by atoms with Gasteiger partial charge in [-0.1, -0.05) is 6.07 Å². The molecular formula is C21H29IN6O3. The number of furan rings is 1. The summed E-state index contributed by atoms with van der Waals surface area (Å²) in [5.74, 6) is 2.15. The van der Waals surface area contributed by atoms with Gasteiger partial charge in [0.15, 0.2) is 11.7 Å². The van der Waals surface area contributed by atoms with Crippen LogP contribution in [0.4, 0.5) is 5.82 Å². The zero-order valence-corrected chi connectivity index (χ0v) is 20.0. The van der Waals surface area contributed by atoms with E-state index in [2.05, 4.69) is 31.2 Å². The number of nitrogens with zero attached hydrogens (tertiary/aromatic N) is 5. The molecule has 168 valence electrons. The minimum atomic E-state index is -0.0619. The summed E-state index contributed by atoms with van der Waals surface area (Å²) in [5.41, 5.74) is 1.13. The molecule has 2 saturated heterocycles. The lowest BCUT2D eigenvalue weighted by Crippen LogP contribution is -2.53. The summed E-state index contributed by atoms with van der Waals surface area (Å²) in [4.78, 5) is 27.8. The van der Waals surface area contributed by atoms with Gasteiger partial charge in [-0.15, -0.1) is 24.0 Å². The minimum Gasteiger partial charge on any atom is -0.459 e. The first-order valence-corrected chi connectivity index (χ1v) is 10.3. The van der Waals surface area contributed by atoms with E-state index in [4.69, 9.17) is 9.15 Å². The number of carbonyl (C=O) groups excluding carboxylic acids is 1. The van der Waals surface area contributed by atoms with Crippen LogP contribution in [0.5, 0.6) is 0 Å². The predicted octanol–water partition coefficient (Wildman–Crippen LogP) is 1.66. The molecule has 2 aliphatic heterocycles. The number of aromatic nitrogens is 1. The smallest absolute Gasteiger partial charge is 0.289 e. The molecule has 0 unspecified atom stereocenters. The number of hydrogen-bond donors (Lipinski definition) is 1. The molecule has 0 radical (unpaired) electrons. The number of carbonyl (C=O) groups is 1. The molecule has 4 rings (SSSR count). The lowest BCUT2D eigenvalue weighted by molar-refractivity contribution is 0.0657. The molecule has 0 atom stereocenters. The van der Waals surface area contributed by atoms with Crippen LogP contribution in [0, 0.1) is 0 Å². The second-order valence-corrected chi connectivity index (χ2v) is 7.24. The van der Waals surface area contributed by atoms with Crippen molar-refractivity contribution in [2.45, 2.75) is 6.54 Å². The Morgan fingerprint density at radius 1 is 1.10 bits per heavy atom. The van der Waals surface area contributed by atoms with Gasteiger partial charge in [0.2, 0.25) is 0 Å². The highest BCUT2D eigenvalue weighted by Crippen LogP contribution is 2.18. The van der Waals surface area contributed by atoms with Gasteiger partial charge in [0.1, 0.15) is 5.82 Å². The number of morpholine rings is 1. The van der Waals surface area contributed by atoms with Crippen molar-refractivity contribution in [3.8, 4) is 0 Å². The molecule has 2 fully saturated rings. The average molecular weight is 540 g/mol. The minimum absolute atomic E-state index is 0. The summed E-state index contributed by atoms with van der Waals surface area (Å²) >= 11 is 0. The van der Waals surface area contributed by atoms with Crippen LogP contribution in [-0.2, 0) is 11.3 Å². The van der Waals surface area contributed by atoms with Crippen LogP contribution in [0.25, 0.3) is 0 Å². The Labute approximate surface area is 199 Å². The summed E-state index contributed by atoms with van der Waals surface area (Å²) in [6, 6.07) is 7.49. The normalized spacial score (nSPS) is 17.3. The van der Waals surface area contributed by atoms with Crippen molar-refractivity contribution in [2.24, 2.45) is 4.99 Å². The third-order valence-electron chi connectivity index (χ3n) is 5.43. The molecule has 10 heteroatoms. The fourth-order valence-electron chi connectivity index (χ4n) is 3.81. The Morgan fingerprint density at radius 2 is 1.84 bits per heavy atom. The van der Waals surface area contributed by atoms with Gasteiger partial charge in [-0.25, -0.2) is 4.98 Å². The topological polar surface area (TPSA) is 86.4 Å². The number of aliphatic imine (C=N–C) groups is 1. The number of hydrogen-bond acceptors (Lipinski definition) is 6. The molecule has 0 bridgehead atoms. The van der Waals surface area contributed by atoms with Crippen molar-refractivity contribution >= 4 is 41.7 Å². The van der Waals surface area contributed by atoms with E-state index in [0.29, 0.717) is 25.4 Å². The first kappa shape index (κ1) is 23.3. The van der Waals surface area contributed by atoms with E-state index in [1.165, 1.54) is 6.26 Å². The molecule has 0 saturated carbocycles. The number of halogens is 1. The lowest BCUT2D eigenvalue weighted by atomic mass is 10.2. The SMILES string of the molecule is CN=C(NCc1cccnc1N1CCOCC1)N1CCN(C(=O)c2ccco2)CC1.I. The fraction of sp³-hybridized carbons (Fsp3) is 0.476. The van der Waals surface area contributed by atoms with E-state index in [0.717, 1.165) is 56.7 Å². The van der Waals surface area contributed by atoms with Gasteiger partial charge in [0, 0.05) is 64.6 Å². The van der Waals surface area contributed by atoms with Crippen LogP contribution in [0.2, 0.25) is 0 Å².